The van der Waals surface area contributed by atoms with Gasteiger partial charge in [-0.3, -0.25) is 4.99 Å². The number of imidazole rings is 1. The minimum Gasteiger partial charge on any atom is -0.496 e. The number of benzene rings is 1. The van der Waals surface area contributed by atoms with Gasteiger partial charge in [0.25, 0.3) is 0 Å². The van der Waals surface area contributed by atoms with Crippen LogP contribution >= 0.6 is 0 Å². The second kappa shape index (κ2) is 10.9. The Labute approximate surface area is 209 Å². The van der Waals surface area contributed by atoms with Gasteiger partial charge in [-0.25, -0.2) is 4.98 Å². The molecule has 0 bridgehead atoms. The summed E-state index contributed by atoms with van der Waals surface area (Å²) >= 11 is 0. The molecule has 0 saturated carbocycles. The van der Waals surface area contributed by atoms with Gasteiger partial charge in [-0.15, -0.1) is 0 Å². The number of hydrogen-bond donors (Lipinski definition) is 0. The largest absolute Gasteiger partial charge is 0.496 e. The van der Waals surface area contributed by atoms with Crippen LogP contribution in [0.5, 0.6) is 5.75 Å². The Balaban J connectivity index is 1.92. The van der Waals surface area contributed by atoms with E-state index in [1.54, 1.807) is 7.11 Å². The van der Waals surface area contributed by atoms with Crippen molar-refractivity contribution in [2.45, 2.75) is 59.1 Å². The third-order valence-corrected chi connectivity index (χ3v) is 6.65. The van der Waals surface area contributed by atoms with Crippen molar-refractivity contribution in [2.24, 2.45) is 4.99 Å². The molecule has 0 amide bonds. The number of aryl methyl sites for hydroxylation is 3. The van der Waals surface area contributed by atoms with E-state index >= 15 is 0 Å². The molecule has 1 saturated heterocycles. The van der Waals surface area contributed by atoms with Crippen LogP contribution in [0.4, 0.5) is 14.5 Å². The first kappa shape index (κ1) is 26.0. The molecule has 8 nitrogen and oxygen atoms in total. The van der Waals surface area contributed by atoms with Crippen LogP contribution in [0.15, 0.2) is 21.6 Å². The maximum Gasteiger partial charge on any atom is 0.345 e. The molecule has 1 fully saturated rings. The number of ether oxygens (including phenoxy) is 3. The van der Waals surface area contributed by atoms with Gasteiger partial charge in [0.1, 0.15) is 17.3 Å². The highest BCUT2D eigenvalue weighted by Crippen LogP contribution is 2.45. The predicted molar refractivity (Wildman–Crippen MR) is 133 cm³/mol. The highest BCUT2D eigenvalue weighted by atomic mass is 19.3. The molecule has 10 heteroatoms. The highest BCUT2D eigenvalue weighted by molar-refractivity contribution is 5.86. The standard InChI is InChI=1S/C26H32F2N4O4/c1-14(13-35-26(27)28)32-24(16(3)30-25(32)18-7-9-34-10-8-18)19-12-22(33-6)20(11-21(19)29-5)23-15(2)31-36-17(23)4/h11-12,14,18,26H,5,7-10,13H2,1-4,6H3. The van der Waals surface area contributed by atoms with E-state index in [-0.39, 0.29) is 12.5 Å². The van der Waals surface area contributed by atoms with Crippen molar-refractivity contribution in [3.05, 3.63) is 35.1 Å². The Morgan fingerprint density at radius 1 is 1.17 bits per heavy atom. The fourth-order valence-corrected chi connectivity index (χ4v) is 4.99. The maximum atomic E-state index is 12.9. The first-order valence-corrected chi connectivity index (χ1v) is 11.9. The quantitative estimate of drug-likeness (QED) is 0.326. The molecule has 2 aromatic heterocycles. The zero-order valence-corrected chi connectivity index (χ0v) is 21.3. The molecule has 1 aromatic carbocycles. The van der Waals surface area contributed by atoms with Crippen molar-refractivity contribution in [1.29, 1.82) is 0 Å². The van der Waals surface area contributed by atoms with Crippen LogP contribution in [-0.4, -0.2) is 55.0 Å². The fraction of sp³-hybridized carbons (Fsp3) is 0.500. The summed E-state index contributed by atoms with van der Waals surface area (Å²) in [6.45, 7) is 9.52. The van der Waals surface area contributed by atoms with Crippen LogP contribution in [0.3, 0.4) is 0 Å². The molecule has 1 aliphatic rings. The van der Waals surface area contributed by atoms with Gasteiger partial charge < -0.3 is 23.3 Å². The van der Waals surface area contributed by atoms with Crippen LogP contribution in [0.2, 0.25) is 0 Å². The van der Waals surface area contributed by atoms with Gasteiger partial charge in [0.2, 0.25) is 0 Å². The summed E-state index contributed by atoms with van der Waals surface area (Å²) in [7, 11) is 1.60. The summed E-state index contributed by atoms with van der Waals surface area (Å²) in [5, 5.41) is 4.07. The van der Waals surface area contributed by atoms with Crippen molar-refractivity contribution in [2.75, 3.05) is 26.9 Å². The van der Waals surface area contributed by atoms with Gasteiger partial charge in [0, 0.05) is 30.3 Å². The SMILES string of the molecule is C=Nc1cc(-c2c(C)noc2C)c(OC)cc1-c1c(C)nc(C2CCOCC2)n1C(C)COC(F)F. The van der Waals surface area contributed by atoms with Crippen molar-refractivity contribution in [3.8, 4) is 28.1 Å². The lowest BCUT2D eigenvalue weighted by molar-refractivity contribution is -0.135. The van der Waals surface area contributed by atoms with Crippen LogP contribution in [0.1, 0.15) is 54.7 Å². The van der Waals surface area contributed by atoms with Crippen LogP contribution in [0.25, 0.3) is 22.4 Å². The van der Waals surface area contributed by atoms with E-state index in [1.807, 2.05) is 44.4 Å². The Morgan fingerprint density at radius 3 is 2.47 bits per heavy atom. The summed E-state index contributed by atoms with van der Waals surface area (Å²) in [6, 6.07) is 3.37. The second-order valence-corrected chi connectivity index (χ2v) is 9.03. The fourth-order valence-electron chi connectivity index (χ4n) is 4.99. The summed E-state index contributed by atoms with van der Waals surface area (Å²) in [5.74, 6) is 2.24. The molecule has 4 rings (SSSR count). The number of methoxy groups -OCH3 is 1. The third-order valence-electron chi connectivity index (χ3n) is 6.65. The Morgan fingerprint density at radius 2 is 1.89 bits per heavy atom. The molecule has 194 valence electrons. The van der Waals surface area contributed by atoms with Gasteiger partial charge in [0.15, 0.2) is 0 Å². The molecule has 1 atom stereocenters. The van der Waals surface area contributed by atoms with Crippen molar-refractivity contribution in [3.63, 3.8) is 0 Å². The molecule has 1 unspecified atom stereocenters. The summed E-state index contributed by atoms with van der Waals surface area (Å²) in [6.07, 6.45) is 1.61. The lowest BCUT2D eigenvalue weighted by atomic mass is 9.97. The summed E-state index contributed by atoms with van der Waals surface area (Å²) in [4.78, 5) is 9.25. The van der Waals surface area contributed by atoms with Gasteiger partial charge in [-0.2, -0.15) is 8.78 Å². The van der Waals surface area contributed by atoms with E-state index in [9.17, 15) is 8.78 Å². The average molecular weight is 503 g/mol. The van der Waals surface area contributed by atoms with E-state index in [0.717, 1.165) is 52.4 Å². The summed E-state index contributed by atoms with van der Waals surface area (Å²) in [5.41, 5.74) is 5.22. The number of rotatable bonds is 9. The molecule has 0 radical (unpaired) electrons. The van der Waals surface area contributed by atoms with E-state index < -0.39 is 12.7 Å². The minimum atomic E-state index is -2.85. The van der Waals surface area contributed by atoms with E-state index in [1.165, 1.54) is 0 Å². The van der Waals surface area contributed by atoms with E-state index in [2.05, 4.69) is 16.9 Å². The van der Waals surface area contributed by atoms with Crippen molar-refractivity contribution in [1.82, 2.24) is 14.7 Å². The first-order chi connectivity index (χ1) is 17.3. The number of alkyl halides is 2. The van der Waals surface area contributed by atoms with Gasteiger partial charge in [0.05, 0.1) is 48.1 Å². The molecular weight excluding hydrogens is 470 g/mol. The average Bonchev–Trinajstić information content (AvgIpc) is 3.40. The Bertz CT molecular complexity index is 1210. The zero-order valence-electron chi connectivity index (χ0n) is 21.3. The number of hydrogen-bond acceptors (Lipinski definition) is 7. The Kier molecular flexibility index (Phi) is 7.85. The molecule has 1 aliphatic heterocycles. The van der Waals surface area contributed by atoms with Gasteiger partial charge in [-0.05, 0) is 59.4 Å². The predicted octanol–water partition coefficient (Wildman–Crippen LogP) is 6.17. The molecule has 0 aliphatic carbocycles. The molecule has 3 heterocycles. The lowest BCUT2D eigenvalue weighted by Crippen LogP contribution is -2.22. The molecule has 0 spiro atoms. The van der Waals surface area contributed by atoms with Crippen molar-refractivity contribution >= 4 is 12.4 Å². The van der Waals surface area contributed by atoms with Crippen molar-refractivity contribution < 1.29 is 27.5 Å². The topological polar surface area (TPSA) is 83.9 Å². The van der Waals surface area contributed by atoms with Crippen LogP contribution < -0.4 is 4.74 Å². The molecular formula is C26H32F2N4O4. The maximum absolute atomic E-state index is 12.9. The number of nitrogens with zero attached hydrogens (tertiary/aromatic N) is 4. The van der Waals surface area contributed by atoms with Crippen LogP contribution in [-0.2, 0) is 9.47 Å². The summed E-state index contributed by atoms with van der Waals surface area (Å²) < 4.78 is 49.3. The normalized spacial score (nSPS) is 15.4. The second-order valence-electron chi connectivity index (χ2n) is 9.03. The monoisotopic (exact) mass is 502 g/mol. The van der Waals surface area contributed by atoms with Gasteiger partial charge >= 0.3 is 6.61 Å². The van der Waals surface area contributed by atoms with Crippen LogP contribution in [0, 0.1) is 20.8 Å². The first-order valence-electron chi connectivity index (χ1n) is 11.9. The number of aromatic nitrogens is 3. The minimum absolute atomic E-state index is 0.142. The third kappa shape index (κ3) is 4.92. The molecule has 0 N–H and O–H groups in total. The Hall–Kier alpha value is -3.11. The number of aliphatic imine (C=N–C) groups is 1. The smallest absolute Gasteiger partial charge is 0.345 e. The molecule has 3 aromatic rings. The van der Waals surface area contributed by atoms with Gasteiger partial charge in [-0.1, -0.05) is 5.16 Å². The van der Waals surface area contributed by atoms with E-state index in [0.29, 0.717) is 30.4 Å². The molecule has 36 heavy (non-hydrogen) atoms. The number of halogens is 2. The highest BCUT2D eigenvalue weighted by Gasteiger charge is 2.30. The van der Waals surface area contributed by atoms with E-state index in [4.69, 9.17) is 23.7 Å². The zero-order chi connectivity index (χ0) is 26.0. The lowest BCUT2D eigenvalue weighted by Gasteiger charge is -2.26.